The molecule has 0 N–H and O–H groups in total. The third-order valence-electron chi connectivity index (χ3n) is 2.67. The van der Waals surface area contributed by atoms with Crippen molar-refractivity contribution in [2.45, 2.75) is 0 Å². The number of hydrogen-bond donors (Lipinski definition) is 0. The first-order valence-corrected chi connectivity index (χ1v) is 5.95. The highest BCUT2D eigenvalue weighted by Crippen LogP contribution is 2.21. The largest absolute Gasteiger partial charge is 0.496 e. The van der Waals surface area contributed by atoms with Crippen LogP contribution >= 0.6 is 0 Å². The summed E-state index contributed by atoms with van der Waals surface area (Å²) in [6.45, 7) is -0.497. The van der Waals surface area contributed by atoms with E-state index in [4.69, 9.17) is 9.47 Å². The van der Waals surface area contributed by atoms with Crippen LogP contribution in [0.5, 0.6) is 11.5 Å². The third-order valence-corrected chi connectivity index (χ3v) is 2.67. The first-order valence-electron chi connectivity index (χ1n) is 5.95. The van der Waals surface area contributed by atoms with E-state index in [0.717, 1.165) is 24.3 Å². The van der Waals surface area contributed by atoms with Crippen LogP contribution in [0.25, 0.3) is 0 Å². The maximum Gasteiger partial charge on any atom is 0.204 e. The molecule has 0 amide bonds. The van der Waals surface area contributed by atoms with E-state index in [0.29, 0.717) is 6.07 Å². The van der Waals surface area contributed by atoms with Gasteiger partial charge in [0.25, 0.3) is 0 Å². The maximum absolute atomic E-state index is 13.2. The van der Waals surface area contributed by atoms with Gasteiger partial charge < -0.3 is 9.47 Å². The lowest BCUT2D eigenvalue weighted by Crippen LogP contribution is -2.13. The first kappa shape index (κ1) is 14.9. The molecule has 3 nitrogen and oxygen atoms in total. The van der Waals surface area contributed by atoms with E-state index in [1.807, 2.05) is 0 Å². The van der Waals surface area contributed by atoms with Gasteiger partial charge in [-0.25, -0.2) is 13.2 Å². The van der Waals surface area contributed by atoms with Gasteiger partial charge in [-0.15, -0.1) is 0 Å². The van der Waals surface area contributed by atoms with E-state index < -0.39 is 29.8 Å². The topological polar surface area (TPSA) is 35.5 Å². The summed E-state index contributed by atoms with van der Waals surface area (Å²) in [5, 5.41) is 0. The summed E-state index contributed by atoms with van der Waals surface area (Å²) in [7, 11) is 1.34. The van der Waals surface area contributed by atoms with Crippen LogP contribution in [0.15, 0.2) is 36.4 Å². The van der Waals surface area contributed by atoms with Crippen molar-refractivity contribution in [3.63, 3.8) is 0 Å². The molecule has 0 radical (unpaired) electrons. The number of hydrogen-bond acceptors (Lipinski definition) is 3. The van der Waals surface area contributed by atoms with Crippen molar-refractivity contribution in [3.8, 4) is 11.5 Å². The molecule has 0 spiro atoms. The molecule has 0 aromatic heterocycles. The van der Waals surface area contributed by atoms with Crippen LogP contribution in [0.1, 0.15) is 10.4 Å². The fraction of sp³-hybridized carbons (Fsp3) is 0.133. The minimum absolute atomic E-state index is 0.00521. The molecule has 0 atom stereocenters. The number of rotatable bonds is 5. The fourth-order valence-electron chi connectivity index (χ4n) is 1.74. The van der Waals surface area contributed by atoms with Crippen LogP contribution in [-0.4, -0.2) is 19.5 Å². The standard InChI is InChI=1S/C15H11F3O3/c1-20-15-3-2-9(16)7-13(15)14(19)8-21-12-5-10(17)4-11(18)6-12/h2-7H,8H2,1H3. The Morgan fingerprint density at radius 3 is 2.29 bits per heavy atom. The van der Waals surface area contributed by atoms with E-state index in [2.05, 4.69) is 0 Å². The predicted molar refractivity (Wildman–Crippen MR) is 69.1 cm³/mol. The highest BCUT2D eigenvalue weighted by Gasteiger charge is 2.14. The molecule has 6 heteroatoms. The number of carbonyl (C=O) groups is 1. The average molecular weight is 296 g/mol. The minimum atomic E-state index is -0.819. The van der Waals surface area contributed by atoms with Crippen LogP contribution < -0.4 is 9.47 Å². The van der Waals surface area contributed by atoms with Gasteiger partial charge in [-0.3, -0.25) is 4.79 Å². The van der Waals surface area contributed by atoms with Gasteiger partial charge in [-0.2, -0.15) is 0 Å². The van der Waals surface area contributed by atoms with Crippen molar-refractivity contribution >= 4 is 5.78 Å². The Hall–Kier alpha value is -2.50. The molecule has 0 bridgehead atoms. The Morgan fingerprint density at radius 2 is 1.67 bits per heavy atom. The molecule has 0 saturated carbocycles. The number of methoxy groups -OCH3 is 1. The normalized spacial score (nSPS) is 10.3. The van der Waals surface area contributed by atoms with Crippen LogP contribution in [-0.2, 0) is 0 Å². The fourth-order valence-corrected chi connectivity index (χ4v) is 1.74. The van der Waals surface area contributed by atoms with Crippen LogP contribution in [0.2, 0.25) is 0 Å². The summed E-state index contributed by atoms with van der Waals surface area (Å²) >= 11 is 0. The number of ketones is 1. The Bertz CT molecular complexity index is 651. The van der Waals surface area contributed by atoms with Gasteiger partial charge in [0, 0.05) is 18.2 Å². The molecule has 0 aliphatic heterocycles. The van der Waals surface area contributed by atoms with Gasteiger partial charge in [-0.1, -0.05) is 0 Å². The summed E-state index contributed by atoms with van der Waals surface area (Å²) in [4.78, 5) is 12.0. The molecule has 0 aliphatic carbocycles. The molecule has 110 valence electrons. The molecule has 0 saturated heterocycles. The maximum atomic E-state index is 13.2. The second-order valence-electron chi connectivity index (χ2n) is 4.16. The summed E-state index contributed by atoms with van der Waals surface area (Å²) < 4.78 is 49.1. The summed E-state index contributed by atoms with van der Waals surface area (Å²) in [5.74, 6) is -2.75. The lowest BCUT2D eigenvalue weighted by Gasteiger charge is -2.09. The van der Waals surface area contributed by atoms with E-state index in [1.54, 1.807) is 0 Å². The van der Waals surface area contributed by atoms with Crippen LogP contribution in [0.3, 0.4) is 0 Å². The number of halogens is 3. The highest BCUT2D eigenvalue weighted by atomic mass is 19.1. The lowest BCUT2D eigenvalue weighted by atomic mass is 10.1. The molecule has 2 rings (SSSR count). The Kier molecular flexibility index (Phi) is 4.47. The average Bonchev–Trinajstić information content (AvgIpc) is 2.43. The second-order valence-corrected chi connectivity index (χ2v) is 4.16. The molecule has 2 aromatic rings. The van der Waals surface area contributed by atoms with Gasteiger partial charge in [0.1, 0.15) is 29.0 Å². The Morgan fingerprint density at radius 1 is 1.00 bits per heavy atom. The van der Waals surface area contributed by atoms with Crippen molar-refractivity contribution in [3.05, 3.63) is 59.4 Å². The monoisotopic (exact) mass is 296 g/mol. The number of carbonyl (C=O) groups excluding carboxylic acids is 1. The number of ether oxygens (including phenoxy) is 2. The quantitative estimate of drug-likeness (QED) is 0.794. The van der Waals surface area contributed by atoms with E-state index >= 15 is 0 Å². The van der Waals surface area contributed by atoms with Gasteiger partial charge >= 0.3 is 0 Å². The molecule has 2 aromatic carbocycles. The smallest absolute Gasteiger partial charge is 0.204 e. The predicted octanol–water partition coefficient (Wildman–Crippen LogP) is 3.37. The summed E-state index contributed by atoms with van der Waals surface area (Å²) in [5.41, 5.74) is -0.00521. The third kappa shape index (κ3) is 3.75. The SMILES string of the molecule is COc1ccc(F)cc1C(=O)COc1cc(F)cc(F)c1. The zero-order valence-electron chi connectivity index (χ0n) is 11.0. The minimum Gasteiger partial charge on any atom is -0.496 e. The molecule has 0 aliphatic rings. The van der Waals surface area contributed by atoms with E-state index in [-0.39, 0.29) is 17.1 Å². The molecule has 0 fully saturated rings. The van der Waals surface area contributed by atoms with E-state index in [1.165, 1.54) is 13.2 Å². The lowest BCUT2D eigenvalue weighted by molar-refractivity contribution is 0.0917. The summed E-state index contributed by atoms with van der Waals surface area (Å²) in [6.07, 6.45) is 0. The van der Waals surface area contributed by atoms with Gasteiger partial charge in [-0.05, 0) is 18.2 Å². The van der Waals surface area contributed by atoms with Crippen molar-refractivity contribution < 1.29 is 27.4 Å². The highest BCUT2D eigenvalue weighted by molar-refractivity contribution is 5.99. The van der Waals surface area contributed by atoms with Crippen molar-refractivity contribution in [1.82, 2.24) is 0 Å². The summed E-state index contributed by atoms with van der Waals surface area (Å²) in [6, 6.07) is 6.04. The zero-order valence-corrected chi connectivity index (χ0v) is 11.0. The molecule has 0 unspecified atom stereocenters. The molecular formula is C15H11F3O3. The Labute approximate surface area is 118 Å². The van der Waals surface area contributed by atoms with Crippen molar-refractivity contribution in [1.29, 1.82) is 0 Å². The zero-order chi connectivity index (χ0) is 15.4. The second kappa shape index (κ2) is 6.30. The first-order chi connectivity index (χ1) is 9.99. The van der Waals surface area contributed by atoms with Gasteiger partial charge in [0.05, 0.1) is 12.7 Å². The number of Topliss-reactive ketones (excluding diaryl/α,β-unsaturated/α-hetero) is 1. The van der Waals surface area contributed by atoms with Crippen LogP contribution in [0, 0.1) is 17.5 Å². The number of benzene rings is 2. The molecule has 21 heavy (non-hydrogen) atoms. The van der Waals surface area contributed by atoms with E-state index in [9.17, 15) is 18.0 Å². The Balaban J connectivity index is 2.13. The molecular weight excluding hydrogens is 285 g/mol. The van der Waals surface area contributed by atoms with Gasteiger partial charge in [0.2, 0.25) is 5.78 Å². The van der Waals surface area contributed by atoms with Crippen molar-refractivity contribution in [2.75, 3.05) is 13.7 Å². The van der Waals surface area contributed by atoms with Gasteiger partial charge in [0.15, 0.2) is 6.61 Å². The van der Waals surface area contributed by atoms with Crippen molar-refractivity contribution in [2.24, 2.45) is 0 Å². The molecule has 0 heterocycles. The van der Waals surface area contributed by atoms with Crippen LogP contribution in [0.4, 0.5) is 13.2 Å².